The Labute approximate surface area is 125 Å². The molecule has 0 saturated heterocycles. The van der Waals surface area contributed by atoms with Crippen LogP contribution in [0.25, 0.3) is 0 Å². The first kappa shape index (κ1) is 15.6. The molecule has 0 spiro atoms. The number of hydrogen-bond acceptors (Lipinski definition) is 3. The summed E-state index contributed by atoms with van der Waals surface area (Å²) in [6.07, 6.45) is 1.70. The highest BCUT2D eigenvalue weighted by Gasteiger charge is 2.11. The highest BCUT2D eigenvalue weighted by atomic mass is 19.1. The van der Waals surface area contributed by atoms with Crippen LogP contribution in [0.3, 0.4) is 0 Å². The SMILES string of the molecule is Cc1occc1CN(C)c1ccc(F)cc1CNC(C)C. The van der Waals surface area contributed by atoms with Crippen LogP contribution in [0.1, 0.15) is 30.7 Å². The van der Waals surface area contributed by atoms with Crippen molar-refractivity contribution in [3.8, 4) is 0 Å². The van der Waals surface area contributed by atoms with Gasteiger partial charge in [0.25, 0.3) is 0 Å². The highest BCUT2D eigenvalue weighted by Crippen LogP contribution is 2.23. The first-order chi connectivity index (χ1) is 9.97. The number of benzene rings is 1. The summed E-state index contributed by atoms with van der Waals surface area (Å²) < 4.78 is 18.8. The Bertz CT molecular complexity index is 592. The fraction of sp³-hybridized carbons (Fsp3) is 0.412. The molecule has 0 aliphatic carbocycles. The molecule has 0 bridgehead atoms. The van der Waals surface area contributed by atoms with E-state index in [-0.39, 0.29) is 5.82 Å². The summed E-state index contributed by atoms with van der Waals surface area (Å²) in [4.78, 5) is 2.12. The van der Waals surface area contributed by atoms with Crippen LogP contribution in [0, 0.1) is 12.7 Å². The lowest BCUT2D eigenvalue weighted by molar-refractivity contribution is 0.529. The van der Waals surface area contributed by atoms with E-state index in [2.05, 4.69) is 24.1 Å². The van der Waals surface area contributed by atoms with Gasteiger partial charge in [0.2, 0.25) is 0 Å². The third-order valence-electron chi connectivity index (χ3n) is 3.53. The van der Waals surface area contributed by atoms with E-state index in [1.54, 1.807) is 12.3 Å². The molecular weight excluding hydrogens is 267 g/mol. The van der Waals surface area contributed by atoms with Crippen molar-refractivity contribution in [1.82, 2.24) is 5.32 Å². The number of hydrogen-bond donors (Lipinski definition) is 1. The van der Waals surface area contributed by atoms with Crippen molar-refractivity contribution in [3.63, 3.8) is 0 Å². The number of halogens is 1. The lowest BCUT2D eigenvalue weighted by atomic mass is 10.1. The maximum absolute atomic E-state index is 13.5. The average molecular weight is 290 g/mol. The number of anilines is 1. The van der Waals surface area contributed by atoms with E-state index in [0.717, 1.165) is 29.1 Å². The first-order valence-corrected chi connectivity index (χ1v) is 7.23. The van der Waals surface area contributed by atoms with Crippen molar-refractivity contribution in [1.29, 1.82) is 0 Å². The van der Waals surface area contributed by atoms with Crippen LogP contribution >= 0.6 is 0 Å². The van der Waals surface area contributed by atoms with Gasteiger partial charge in [-0.3, -0.25) is 0 Å². The normalized spacial score (nSPS) is 11.1. The van der Waals surface area contributed by atoms with Crippen LogP contribution in [0.4, 0.5) is 10.1 Å². The topological polar surface area (TPSA) is 28.4 Å². The number of nitrogens with zero attached hydrogens (tertiary/aromatic N) is 1. The largest absolute Gasteiger partial charge is 0.469 e. The summed E-state index contributed by atoms with van der Waals surface area (Å²) in [5.74, 6) is 0.720. The predicted molar refractivity (Wildman–Crippen MR) is 83.9 cm³/mol. The molecule has 1 N–H and O–H groups in total. The Morgan fingerprint density at radius 1 is 1.24 bits per heavy atom. The summed E-state index contributed by atoms with van der Waals surface area (Å²) in [5.41, 5.74) is 3.14. The molecule has 0 amide bonds. The smallest absolute Gasteiger partial charge is 0.123 e. The van der Waals surface area contributed by atoms with Crippen LogP contribution in [0.5, 0.6) is 0 Å². The van der Waals surface area contributed by atoms with E-state index in [9.17, 15) is 4.39 Å². The quantitative estimate of drug-likeness (QED) is 0.875. The fourth-order valence-corrected chi connectivity index (χ4v) is 2.30. The van der Waals surface area contributed by atoms with E-state index in [1.165, 1.54) is 6.07 Å². The molecular formula is C17H23FN2O. The molecule has 0 atom stereocenters. The van der Waals surface area contributed by atoms with Gasteiger partial charge in [-0.2, -0.15) is 0 Å². The third kappa shape index (κ3) is 4.08. The van der Waals surface area contributed by atoms with E-state index in [1.807, 2.05) is 26.1 Å². The second-order valence-corrected chi connectivity index (χ2v) is 5.67. The molecule has 3 nitrogen and oxygen atoms in total. The number of aryl methyl sites for hydroxylation is 1. The molecule has 2 aromatic rings. The van der Waals surface area contributed by atoms with Gasteiger partial charge in [-0.05, 0) is 36.8 Å². The maximum Gasteiger partial charge on any atom is 0.123 e. The molecule has 0 radical (unpaired) electrons. The Hall–Kier alpha value is -1.81. The predicted octanol–water partition coefficient (Wildman–Crippen LogP) is 3.86. The lowest BCUT2D eigenvalue weighted by Crippen LogP contribution is -2.24. The van der Waals surface area contributed by atoms with Crippen LogP contribution in [0.2, 0.25) is 0 Å². The minimum atomic E-state index is -0.202. The molecule has 0 aliphatic heterocycles. The summed E-state index contributed by atoms with van der Waals surface area (Å²) in [6, 6.07) is 7.28. The molecule has 0 unspecified atom stereocenters. The van der Waals surface area contributed by atoms with Crippen LogP contribution in [-0.2, 0) is 13.1 Å². The van der Waals surface area contributed by atoms with E-state index in [4.69, 9.17) is 4.42 Å². The van der Waals surface area contributed by atoms with Gasteiger partial charge >= 0.3 is 0 Å². The van der Waals surface area contributed by atoms with E-state index >= 15 is 0 Å². The Morgan fingerprint density at radius 3 is 2.62 bits per heavy atom. The van der Waals surface area contributed by atoms with Gasteiger partial charge in [0.05, 0.1) is 6.26 Å². The molecule has 1 aromatic carbocycles. The molecule has 1 aromatic heterocycles. The molecule has 0 fully saturated rings. The van der Waals surface area contributed by atoms with Gasteiger partial charge in [0.1, 0.15) is 11.6 Å². The number of rotatable bonds is 6. The molecule has 4 heteroatoms. The van der Waals surface area contributed by atoms with Gasteiger partial charge in [-0.1, -0.05) is 13.8 Å². The second kappa shape index (κ2) is 6.76. The monoisotopic (exact) mass is 290 g/mol. The zero-order chi connectivity index (χ0) is 15.4. The Balaban J connectivity index is 2.19. The number of nitrogens with one attached hydrogen (secondary N) is 1. The van der Waals surface area contributed by atoms with E-state index in [0.29, 0.717) is 12.6 Å². The van der Waals surface area contributed by atoms with Gasteiger partial charge < -0.3 is 14.6 Å². The summed E-state index contributed by atoms with van der Waals surface area (Å²) >= 11 is 0. The highest BCUT2D eigenvalue weighted by molar-refractivity contribution is 5.53. The average Bonchev–Trinajstić information content (AvgIpc) is 2.82. The van der Waals surface area contributed by atoms with Crippen molar-refractivity contribution in [3.05, 3.63) is 53.2 Å². The van der Waals surface area contributed by atoms with Crippen LogP contribution in [-0.4, -0.2) is 13.1 Å². The number of furan rings is 1. The fourth-order valence-electron chi connectivity index (χ4n) is 2.30. The van der Waals surface area contributed by atoms with Gasteiger partial charge in [0, 0.05) is 37.4 Å². The van der Waals surface area contributed by atoms with Gasteiger partial charge in [0.15, 0.2) is 0 Å². The maximum atomic E-state index is 13.5. The van der Waals surface area contributed by atoms with Crippen LogP contribution in [0.15, 0.2) is 34.9 Å². The summed E-state index contributed by atoms with van der Waals surface area (Å²) in [7, 11) is 2.01. The van der Waals surface area contributed by atoms with Crippen molar-refractivity contribution in [2.24, 2.45) is 0 Å². The van der Waals surface area contributed by atoms with Gasteiger partial charge in [-0.25, -0.2) is 4.39 Å². The van der Waals surface area contributed by atoms with Gasteiger partial charge in [-0.15, -0.1) is 0 Å². The lowest BCUT2D eigenvalue weighted by Gasteiger charge is -2.23. The van der Waals surface area contributed by atoms with Crippen molar-refractivity contribution in [2.75, 3.05) is 11.9 Å². The van der Waals surface area contributed by atoms with Crippen LogP contribution < -0.4 is 10.2 Å². The molecule has 0 saturated carbocycles. The second-order valence-electron chi connectivity index (χ2n) is 5.67. The third-order valence-corrected chi connectivity index (χ3v) is 3.53. The van der Waals surface area contributed by atoms with Crippen molar-refractivity contribution >= 4 is 5.69 Å². The molecule has 21 heavy (non-hydrogen) atoms. The molecule has 2 rings (SSSR count). The minimum Gasteiger partial charge on any atom is -0.469 e. The minimum absolute atomic E-state index is 0.202. The Morgan fingerprint density at radius 2 is 2.00 bits per heavy atom. The molecule has 114 valence electrons. The zero-order valence-electron chi connectivity index (χ0n) is 13.1. The Kier molecular flexibility index (Phi) is 5.02. The standard InChI is InChI=1S/C17H23FN2O/c1-12(2)19-10-15-9-16(18)5-6-17(15)20(4)11-14-7-8-21-13(14)3/h5-9,12,19H,10-11H2,1-4H3. The van der Waals surface area contributed by atoms with Crippen molar-refractivity contribution in [2.45, 2.75) is 39.9 Å². The molecule has 0 aliphatic rings. The van der Waals surface area contributed by atoms with Crippen molar-refractivity contribution < 1.29 is 8.81 Å². The summed E-state index contributed by atoms with van der Waals surface area (Å²) in [6.45, 7) is 7.51. The molecule has 1 heterocycles. The first-order valence-electron chi connectivity index (χ1n) is 7.23. The van der Waals surface area contributed by atoms with E-state index < -0.39 is 0 Å². The summed E-state index contributed by atoms with van der Waals surface area (Å²) in [5, 5.41) is 3.34. The zero-order valence-corrected chi connectivity index (χ0v) is 13.1.